The molecule has 6 heteroatoms. The molecule has 0 fully saturated rings. The Morgan fingerprint density at radius 1 is 1.04 bits per heavy atom. The minimum atomic E-state index is -0.296. The van der Waals surface area contributed by atoms with Gasteiger partial charge < -0.3 is 9.73 Å². The summed E-state index contributed by atoms with van der Waals surface area (Å²) >= 11 is 0. The van der Waals surface area contributed by atoms with Crippen molar-refractivity contribution in [3.8, 4) is 11.5 Å². The third kappa shape index (κ3) is 4.25. The number of halogens is 1. The summed E-state index contributed by atoms with van der Waals surface area (Å²) < 4.78 is 18.4. The molecule has 5 nitrogen and oxygen atoms in total. The monoisotopic (exact) mass is 325 g/mol. The molecule has 0 unspecified atom stereocenters. The van der Waals surface area contributed by atoms with Gasteiger partial charge in [0, 0.05) is 24.9 Å². The maximum absolute atomic E-state index is 12.8. The van der Waals surface area contributed by atoms with Gasteiger partial charge in [-0.1, -0.05) is 30.3 Å². The van der Waals surface area contributed by atoms with Crippen molar-refractivity contribution in [2.45, 2.75) is 19.4 Å². The molecule has 0 aliphatic rings. The largest absolute Gasteiger partial charge is 0.421 e. The smallest absolute Gasteiger partial charge is 0.247 e. The van der Waals surface area contributed by atoms with E-state index in [0.717, 1.165) is 11.1 Å². The van der Waals surface area contributed by atoms with Crippen molar-refractivity contribution in [3.05, 3.63) is 71.9 Å². The van der Waals surface area contributed by atoms with E-state index < -0.39 is 0 Å². The Morgan fingerprint density at radius 2 is 1.79 bits per heavy atom. The molecule has 2 aromatic carbocycles. The fourth-order valence-electron chi connectivity index (χ4n) is 2.16. The number of nitrogens with one attached hydrogen (secondary N) is 1. The van der Waals surface area contributed by atoms with Gasteiger partial charge in [0.05, 0.1) is 0 Å². The highest BCUT2D eigenvalue weighted by Crippen LogP contribution is 2.17. The molecule has 1 aromatic heterocycles. The van der Waals surface area contributed by atoms with Crippen molar-refractivity contribution in [2.75, 3.05) is 0 Å². The third-order valence-corrected chi connectivity index (χ3v) is 3.46. The number of benzene rings is 2. The van der Waals surface area contributed by atoms with E-state index in [1.807, 2.05) is 30.3 Å². The molecule has 3 aromatic rings. The van der Waals surface area contributed by atoms with Crippen LogP contribution in [-0.2, 0) is 17.8 Å². The summed E-state index contributed by atoms with van der Waals surface area (Å²) in [4.78, 5) is 11.9. The Morgan fingerprint density at radius 3 is 2.54 bits per heavy atom. The number of nitrogens with zero attached hydrogens (tertiary/aromatic N) is 2. The first-order chi connectivity index (χ1) is 11.7. The molecule has 24 heavy (non-hydrogen) atoms. The maximum Gasteiger partial charge on any atom is 0.247 e. The summed E-state index contributed by atoms with van der Waals surface area (Å²) in [5.74, 6) is 0.442. The topological polar surface area (TPSA) is 68.0 Å². The number of carbonyl (C=O) groups is 1. The van der Waals surface area contributed by atoms with Crippen LogP contribution < -0.4 is 5.32 Å². The predicted octanol–water partition coefficient (Wildman–Crippen LogP) is 3.12. The van der Waals surface area contributed by atoms with Crippen LogP contribution in [0.4, 0.5) is 4.39 Å². The van der Waals surface area contributed by atoms with E-state index in [1.54, 1.807) is 12.1 Å². The van der Waals surface area contributed by atoms with Crippen LogP contribution in [0.25, 0.3) is 11.5 Å². The number of aromatic nitrogens is 2. The molecular formula is C18H16FN3O2. The molecule has 122 valence electrons. The van der Waals surface area contributed by atoms with Gasteiger partial charge in [-0.2, -0.15) is 0 Å². The van der Waals surface area contributed by atoms with Crippen LogP contribution >= 0.6 is 0 Å². The molecule has 0 aliphatic heterocycles. The zero-order valence-electron chi connectivity index (χ0n) is 12.9. The van der Waals surface area contributed by atoms with Crippen LogP contribution in [0.5, 0.6) is 0 Å². The fourth-order valence-corrected chi connectivity index (χ4v) is 2.16. The molecule has 1 amide bonds. The summed E-state index contributed by atoms with van der Waals surface area (Å²) in [6.07, 6.45) is 0.618. The van der Waals surface area contributed by atoms with Gasteiger partial charge in [0.15, 0.2) is 0 Å². The minimum Gasteiger partial charge on any atom is -0.421 e. The number of hydrogen-bond donors (Lipinski definition) is 1. The van der Waals surface area contributed by atoms with Crippen molar-refractivity contribution >= 4 is 5.91 Å². The van der Waals surface area contributed by atoms with E-state index >= 15 is 0 Å². The van der Waals surface area contributed by atoms with Crippen molar-refractivity contribution in [2.24, 2.45) is 0 Å². The van der Waals surface area contributed by atoms with Gasteiger partial charge in [-0.25, -0.2) is 4.39 Å². The van der Waals surface area contributed by atoms with E-state index in [9.17, 15) is 9.18 Å². The van der Waals surface area contributed by atoms with Crippen LogP contribution in [0.2, 0.25) is 0 Å². The normalized spacial score (nSPS) is 10.5. The van der Waals surface area contributed by atoms with Crippen LogP contribution in [0.1, 0.15) is 17.9 Å². The summed E-state index contributed by atoms with van der Waals surface area (Å²) in [5.41, 5.74) is 1.69. The summed E-state index contributed by atoms with van der Waals surface area (Å²) in [6, 6.07) is 15.5. The average molecular weight is 325 g/mol. The molecular weight excluding hydrogens is 309 g/mol. The van der Waals surface area contributed by atoms with Gasteiger partial charge in [-0.05, 0) is 29.8 Å². The lowest BCUT2D eigenvalue weighted by Gasteiger charge is -2.04. The zero-order valence-corrected chi connectivity index (χ0v) is 12.9. The average Bonchev–Trinajstić information content (AvgIpc) is 3.09. The molecule has 0 atom stereocenters. The van der Waals surface area contributed by atoms with Gasteiger partial charge in [-0.15, -0.1) is 10.2 Å². The van der Waals surface area contributed by atoms with Crippen molar-refractivity contribution < 1.29 is 13.6 Å². The highest BCUT2D eigenvalue weighted by molar-refractivity contribution is 5.76. The zero-order chi connectivity index (χ0) is 16.8. The van der Waals surface area contributed by atoms with Gasteiger partial charge in [0.25, 0.3) is 0 Å². The van der Waals surface area contributed by atoms with Gasteiger partial charge >= 0.3 is 0 Å². The van der Waals surface area contributed by atoms with Crippen LogP contribution in [0.3, 0.4) is 0 Å². The van der Waals surface area contributed by atoms with E-state index in [0.29, 0.717) is 24.7 Å². The van der Waals surface area contributed by atoms with Gasteiger partial charge in [-0.3, -0.25) is 4.79 Å². The fraction of sp³-hybridized carbons (Fsp3) is 0.167. The third-order valence-electron chi connectivity index (χ3n) is 3.46. The quantitative estimate of drug-likeness (QED) is 0.756. The van der Waals surface area contributed by atoms with E-state index in [-0.39, 0.29) is 18.1 Å². The summed E-state index contributed by atoms with van der Waals surface area (Å²) in [7, 11) is 0. The summed E-state index contributed by atoms with van der Waals surface area (Å²) in [5, 5.41) is 10.7. The Labute approximate surface area is 138 Å². The molecule has 0 bridgehead atoms. The van der Waals surface area contributed by atoms with Gasteiger partial charge in [0.2, 0.25) is 17.7 Å². The molecule has 0 spiro atoms. The molecule has 0 saturated carbocycles. The Hall–Kier alpha value is -3.02. The lowest BCUT2D eigenvalue weighted by molar-refractivity contribution is -0.121. The van der Waals surface area contributed by atoms with Crippen molar-refractivity contribution in [3.63, 3.8) is 0 Å². The lowest BCUT2D eigenvalue weighted by Crippen LogP contribution is -2.23. The summed E-state index contributed by atoms with van der Waals surface area (Å²) in [6.45, 7) is 0.359. The first-order valence-corrected chi connectivity index (χ1v) is 7.59. The number of rotatable bonds is 6. The predicted molar refractivity (Wildman–Crippen MR) is 86.3 cm³/mol. The molecule has 1 heterocycles. The molecule has 0 saturated heterocycles. The van der Waals surface area contributed by atoms with Gasteiger partial charge in [0.1, 0.15) is 5.82 Å². The van der Waals surface area contributed by atoms with E-state index in [2.05, 4.69) is 15.5 Å². The Bertz CT molecular complexity index is 801. The van der Waals surface area contributed by atoms with E-state index in [1.165, 1.54) is 12.1 Å². The highest BCUT2D eigenvalue weighted by Gasteiger charge is 2.10. The molecule has 1 N–H and O–H groups in total. The highest BCUT2D eigenvalue weighted by atomic mass is 19.1. The molecule has 0 radical (unpaired) electrons. The number of carbonyl (C=O) groups excluding carboxylic acids is 1. The standard InChI is InChI=1S/C18H16FN3O2/c19-15-8-6-13(7-9-15)12-20-16(23)10-11-17-21-22-18(24-17)14-4-2-1-3-5-14/h1-9H,10-12H2,(H,20,23). The molecule has 3 rings (SSSR count). The number of aryl methyl sites for hydroxylation is 1. The second kappa shape index (κ2) is 7.50. The lowest BCUT2D eigenvalue weighted by atomic mass is 10.2. The minimum absolute atomic E-state index is 0.126. The van der Waals surface area contributed by atoms with Crippen molar-refractivity contribution in [1.82, 2.24) is 15.5 Å². The SMILES string of the molecule is O=C(CCc1nnc(-c2ccccc2)o1)NCc1ccc(F)cc1. The number of hydrogen-bond acceptors (Lipinski definition) is 4. The second-order valence-electron chi connectivity index (χ2n) is 5.27. The first-order valence-electron chi connectivity index (χ1n) is 7.59. The van der Waals surface area contributed by atoms with Crippen LogP contribution in [-0.4, -0.2) is 16.1 Å². The second-order valence-corrected chi connectivity index (χ2v) is 5.27. The number of amides is 1. The Kier molecular flexibility index (Phi) is 4.96. The van der Waals surface area contributed by atoms with Crippen LogP contribution in [0, 0.1) is 5.82 Å². The van der Waals surface area contributed by atoms with E-state index in [4.69, 9.17) is 4.42 Å². The van der Waals surface area contributed by atoms with Crippen LogP contribution in [0.15, 0.2) is 59.0 Å². The Balaban J connectivity index is 1.48. The van der Waals surface area contributed by atoms with Crippen molar-refractivity contribution in [1.29, 1.82) is 0 Å². The molecule has 0 aliphatic carbocycles. The maximum atomic E-state index is 12.8. The first kappa shape index (κ1) is 15.9.